The highest BCUT2D eigenvalue weighted by Crippen LogP contribution is 2.52. The molecular formula is C30H30O5. The molecule has 0 N–H and O–H groups in total. The summed E-state index contributed by atoms with van der Waals surface area (Å²) in [4.78, 5) is 11.7. The van der Waals surface area contributed by atoms with Gasteiger partial charge in [0.05, 0.1) is 20.1 Å². The van der Waals surface area contributed by atoms with Crippen molar-refractivity contribution in [3.63, 3.8) is 0 Å². The fraction of sp³-hybridized carbons (Fsp3) is 0.367. The number of hydrogen-bond donors (Lipinski definition) is 0. The molecule has 5 nitrogen and oxygen atoms in total. The van der Waals surface area contributed by atoms with Crippen molar-refractivity contribution in [1.82, 2.24) is 0 Å². The Morgan fingerprint density at radius 3 is 2.74 bits per heavy atom. The first-order chi connectivity index (χ1) is 16.9. The van der Waals surface area contributed by atoms with E-state index in [1.807, 2.05) is 18.2 Å². The molecule has 2 heterocycles. The number of rotatable bonds is 6. The first-order valence-electron chi connectivity index (χ1n) is 12.3. The SMILES string of the molecule is COC(=O)CC1COc2cc(OCc3cccc(-c4c(C)cc5c(c4C)CC4(CC4)O5)c3)ccc21. The van der Waals surface area contributed by atoms with Gasteiger partial charge in [-0.25, -0.2) is 0 Å². The van der Waals surface area contributed by atoms with Crippen molar-refractivity contribution >= 4 is 5.97 Å². The van der Waals surface area contributed by atoms with Gasteiger partial charge in [-0.2, -0.15) is 0 Å². The molecule has 1 aliphatic carbocycles. The summed E-state index contributed by atoms with van der Waals surface area (Å²) in [6, 6.07) is 16.7. The molecule has 5 heteroatoms. The van der Waals surface area contributed by atoms with E-state index in [0.29, 0.717) is 19.6 Å². The van der Waals surface area contributed by atoms with Gasteiger partial charge in [0.25, 0.3) is 0 Å². The highest BCUT2D eigenvalue weighted by Gasteiger charge is 2.50. The molecule has 1 fully saturated rings. The summed E-state index contributed by atoms with van der Waals surface area (Å²) in [7, 11) is 1.41. The van der Waals surface area contributed by atoms with Gasteiger partial charge in [-0.05, 0) is 72.7 Å². The van der Waals surface area contributed by atoms with Crippen LogP contribution in [0.25, 0.3) is 11.1 Å². The van der Waals surface area contributed by atoms with Crippen molar-refractivity contribution in [2.24, 2.45) is 0 Å². The van der Waals surface area contributed by atoms with E-state index in [-0.39, 0.29) is 17.5 Å². The molecule has 0 aromatic heterocycles. The monoisotopic (exact) mass is 470 g/mol. The summed E-state index contributed by atoms with van der Waals surface area (Å²) in [6.45, 7) is 5.35. The second kappa shape index (κ2) is 8.33. The fourth-order valence-corrected chi connectivity index (χ4v) is 5.54. The maximum atomic E-state index is 11.7. The second-order valence-corrected chi connectivity index (χ2v) is 10.1. The summed E-state index contributed by atoms with van der Waals surface area (Å²) in [5.74, 6) is 2.42. The first kappa shape index (κ1) is 22.0. The third-order valence-electron chi connectivity index (χ3n) is 7.63. The van der Waals surface area contributed by atoms with Gasteiger partial charge in [-0.15, -0.1) is 0 Å². The van der Waals surface area contributed by atoms with Crippen molar-refractivity contribution in [2.75, 3.05) is 13.7 Å². The van der Waals surface area contributed by atoms with Crippen LogP contribution in [-0.2, 0) is 22.6 Å². The maximum Gasteiger partial charge on any atom is 0.306 e. The van der Waals surface area contributed by atoms with Crippen LogP contribution >= 0.6 is 0 Å². The largest absolute Gasteiger partial charge is 0.492 e. The molecule has 180 valence electrons. The Labute approximate surface area is 206 Å². The zero-order valence-electron chi connectivity index (χ0n) is 20.5. The van der Waals surface area contributed by atoms with E-state index in [2.05, 4.69) is 44.2 Å². The smallest absolute Gasteiger partial charge is 0.306 e. The van der Waals surface area contributed by atoms with E-state index in [1.165, 1.54) is 47.8 Å². The molecule has 0 saturated heterocycles. The molecule has 3 aromatic carbocycles. The van der Waals surface area contributed by atoms with Crippen LogP contribution in [0.15, 0.2) is 48.5 Å². The van der Waals surface area contributed by atoms with Crippen molar-refractivity contribution in [3.8, 4) is 28.4 Å². The number of esters is 1. The molecule has 1 spiro atoms. The average molecular weight is 471 g/mol. The molecule has 6 rings (SSSR count). The summed E-state index contributed by atoms with van der Waals surface area (Å²) in [6.07, 6.45) is 3.69. The minimum Gasteiger partial charge on any atom is -0.492 e. The van der Waals surface area contributed by atoms with Gasteiger partial charge < -0.3 is 18.9 Å². The van der Waals surface area contributed by atoms with Gasteiger partial charge in [-0.3, -0.25) is 4.79 Å². The maximum absolute atomic E-state index is 11.7. The Balaban J connectivity index is 1.19. The summed E-state index contributed by atoms with van der Waals surface area (Å²) >= 11 is 0. The van der Waals surface area contributed by atoms with Crippen LogP contribution < -0.4 is 14.2 Å². The van der Waals surface area contributed by atoms with Gasteiger partial charge in [0.2, 0.25) is 0 Å². The van der Waals surface area contributed by atoms with Crippen molar-refractivity contribution in [2.45, 2.75) is 57.7 Å². The predicted octanol–water partition coefficient (Wildman–Crippen LogP) is 6.06. The minimum absolute atomic E-state index is 0.0298. The van der Waals surface area contributed by atoms with E-state index in [1.54, 1.807) is 0 Å². The van der Waals surface area contributed by atoms with Crippen LogP contribution in [-0.4, -0.2) is 25.3 Å². The van der Waals surface area contributed by atoms with E-state index in [0.717, 1.165) is 34.8 Å². The number of methoxy groups -OCH3 is 1. The van der Waals surface area contributed by atoms with Crippen LogP contribution in [0.5, 0.6) is 17.2 Å². The lowest BCUT2D eigenvalue weighted by Crippen LogP contribution is -2.12. The number of fused-ring (bicyclic) bond motifs is 2. The Kier molecular flexibility index (Phi) is 5.24. The standard InChI is InChI=1S/C30H30O5/c1-18-11-27-25(15-30(35-27)9-10-30)19(2)29(18)21-6-4-5-20(12-21)16-33-23-7-8-24-22(13-28(31)32-3)17-34-26(24)14-23/h4-8,11-12,14,22H,9-10,13,15-17H2,1-3H3. The van der Waals surface area contributed by atoms with E-state index >= 15 is 0 Å². The zero-order valence-corrected chi connectivity index (χ0v) is 20.5. The van der Waals surface area contributed by atoms with E-state index in [4.69, 9.17) is 18.9 Å². The lowest BCUT2D eigenvalue weighted by molar-refractivity contribution is -0.141. The summed E-state index contributed by atoms with van der Waals surface area (Å²) < 4.78 is 23.0. The van der Waals surface area contributed by atoms with Gasteiger partial charge in [0.15, 0.2) is 0 Å². The van der Waals surface area contributed by atoms with Crippen LogP contribution in [0.2, 0.25) is 0 Å². The molecule has 0 bridgehead atoms. The first-order valence-corrected chi connectivity index (χ1v) is 12.3. The quantitative estimate of drug-likeness (QED) is 0.410. The van der Waals surface area contributed by atoms with Gasteiger partial charge in [0, 0.05) is 29.5 Å². The van der Waals surface area contributed by atoms with Crippen molar-refractivity contribution in [1.29, 1.82) is 0 Å². The third kappa shape index (κ3) is 4.03. The minimum atomic E-state index is -0.222. The average Bonchev–Trinajstić information content (AvgIpc) is 3.33. The van der Waals surface area contributed by atoms with Crippen LogP contribution in [0.4, 0.5) is 0 Å². The topological polar surface area (TPSA) is 54.0 Å². The number of carbonyl (C=O) groups excluding carboxylic acids is 1. The molecule has 2 aliphatic heterocycles. The second-order valence-electron chi connectivity index (χ2n) is 10.1. The van der Waals surface area contributed by atoms with Crippen LogP contribution in [0.3, 0.4) is 0 Å². The number of hydrogen-bond acceptors (Lipinski definition) is 5. The molecule has 0 amide bonds. The number of carbonyl (C=O) groups is 1. The normalized spacial score (nSPS) is 18.4. The lowest BCUT2D eigenvalue weighted by atomic mass is 9.90. The molecule has 1 unspecified atom stereocenters. The Hall–Kier alpha value is -3.47. The third-order valence-corrected chi connectivity index (χ3v) is 7.63. The Morgan fingerprint density at radius 2 is 1.94 bits per heavy atom. The molecular weight excluding hydrogens is 440 g/mol. The lowest BCUT2D eigenvalue weighted by Gasteiger charge is -2.15. The number of benzene rings is 3. The van der Waals surface area contributed by atoms with E-state index < -0.39 is 0 Å². The van der Waals surface area contributed by atoms with Crippen molar-refractivity contribution in [3.05, 3.63) is 76.3 Å². The van der Waals surface area contributed by atoms with Crippen LogP contribution in [0.1, 0.15) is 53.0 Å². The molecule has 1 atom stereocenters. The van der Waals surface area contributed by atoms with Gasteiger partial charge in [0.1, 0.15) is 29.5 Å². The molecule has 3 aromatic rings. The molecule has 0 radical (unpaired) electrons. The van der Waals surface area contributed by atoms with Crippen molar-refractivity contribution < 1.29 is 23.7 Å². The predicted molar refractivity (Wildman–Crippen MR) is 133 cm³/mol. The summed E-state index contributed by atoms with van der Waals surface area (Å²) in [5.41, 5.74) is 8.69. The fourth-order valence-electron chi connectivity index (χ4n) is 5.54. The highest BCUT2D eigenvalue weighted by atomic mass is 16.5. The highest BCUT2D eigenvalue weighted by molar-refractivity contribution is 5.75. The number of ether oxygens (including phenoxy) is 4. The zero-order chi connectivity index (χ0) is 24.2. The molecule has 3 aliphatic rings. The molecule has 1 saturated carbocycles. The Morgan fingerprint density at radius 1 is 1.09 bits per heavy atom. The van der Waals surface area contributed by atoms with Crippen LogP contribution in [0, 0.1) is 13.8 Å². The van der Waals surface area contributed by atoms with Gasteiger partial charge in [-0.1, -0.05) is 24.3 Å². The summed E-state index contributed by atoms with van der Waals surface area (Å²) in [5, 5.41) is 0. The Bertz CT molecular complexity index is 1320. The number of aryl methyl sites for hydroxylation is 1. The van der Waals surface area contributed by atoms with Gasteiger partial charge >= 0.3 is 5.97 Å². The molecule has 35 heavy (non-hydrogen) atoms. The van der Waals surface area contributed by atoms with E-state index in [9.17, 15) is 4.79 Å².